The number of esters is 1. The Kier molecular flexibility index (Phi) is 5.57. The Bertz CT molecular complexity index is 1130. The first-order valence-electron chi connectivity index (χ1n) is 9.62. The summed E-state index contributed by atoms with van der Waals surface area (Å²) in [6.07, 6.45) is 0.590. The zero-order valence-corrected chi connectivity index (χ0v) is 16.5. The first kappa shape index (κ1) is 19.4. The monoisotopic (exact) mass is 399 g/mol. The van der Waals surface area contributed by atoms with Crippen LogP contribution in [0.2, 0.25) is 0 Å². The molecule has 0 unspecified atom stereocenters. The summed E-state index contributed by atoms with van der Waals surface area (Å²) in [6.45, 7) is 0. The fraction of sp³-hybridized carbons (Fsp3) is 0.125. The third-order valence-electron chi connectivity index (χ3n) is 4.89. The van der Waals surface area contributed by atoms with E-state index in [-0.39, 0.29) is 11.9 Å². The highest BCUT2D eigenvalue weighted by Crippen LogP contribution is 2.20. The lowest BCUT2D eigenvalue weighted by atomic mass is 10.0. The summed E-state index contributed by atoms with van der Waals surface area (Å²) in [6, 6.07) is 23.7. The second-order valence-corrected chi connectivity index (χ2v) is 6.92. The third kappa shape index (κ3) is 4.22. The molecule has 1 amide bonds. The fourth-order valence-electron chi connectivity index (χ4n) is 3.32. The normalized spacial score (nSPS) is 11.8. The van der Waals surface area contributed by atoms with E-state index in [2.05, 4.69) is 15.3 Å². The maximum atomic E-state index is 12.9. The maximum Gasteiger partial charge on any atom is 0.337 e. The lowest BCUT2D eigenvalue weighted by molar-refractivity contribution is 0.0600. The number of aromatic nitrogens is 2. The predicted molar refractivity (Wildman–Crippen MR) is 114 cm³/mol. The lowest BCUT2D eigenvalue weighted by Gasteiger charge is -2.17. The first-order chi connectivity index (χ1) is 14.6. The lowest BCUT2D eigenvalue weighted by Crippen LogP contribution is -2.30. The van der Waals surface area contributed by atoms with Gasteiger partial charge in [-0.15, -0.1) is 0 Å². The number of hydrogen-bond donors (Lipinski definition) is 2. The van der Waals surface area contributed by atoms with Gasteiger partial charge in [0.1, 0.15) is 5.82 Å². The minimum Gasteiger partial charge on any atom is -0.465 e. The van der Waals surface area contributed by atoms with Crippen molar-refractivity contribution >= 4 is 22.9 Å². The number of carbonyl (C=O) groups is 2. The maximum absolute atomic E-state index is 12.9. The van der Waals surface area contributed by atoms with Crippen molar-refractivity contribution < 1.29 is 14.3 Å². The number of hydrogen-bond acceptors (Lipinski definition) is 4. The van der Waals surface area contributed by atoms with E-state index >= 15 is 0 Å². The number of ether oxygens (including phenoxy) is 1. The highest BCUT2D eigenvalue weighted by molar-refractivity contribution is 5.96. The van der Waals surface area contributed by atoms with Gasteiger partial charge in [0, 0.05) is 5.56 Å². The van der Waals surface area contributed by atoms with Crippen LogP contribution in [0.5, 0.6) is 0 Å². The highest BCUT2D eigenvalue weighted by Gasteiger charge is 2.20. The molecule has 0 saturated carbocycles. The molecule has 2 N–H and O–H groups in total. The van der Waals surface area contributed by atoms with Crippen LogP contribution in [0.15, 0.2) is 78.9 Å². The number of methoxy groups -OCH3 is 1. The van der Waals surface area contributed by atoms with Gasteiger partial charge in [0.15, 0.2) is 0 Å². The molecule has 0 aliphatic carbocycles. The van der Waals surface area contributed by atoms with Gasteiger partial charge in [-0.25, -0.2) is 9.78 Å². The Morgan fingerprint density at radius 1 is 0.933 bits per heavy atom. The molecule has 1 heterocycles. The van der Waals surface area contributed by atoms with Gasteiger partial charge in [0.25, 0.3) is 5.91 Å². The number of carbonyl (C=O) groups excluding carboxylic acids is 2. The van der Waals surface area contributed by atoms with E-state index in [9.17, 15) is 9.59 Å². The van der Waals surface area contributed by atoms with Crippen molar-refractivity contribution in [1.29, 1.82) is 0 Å². The van der Waals surface area contributed by atoms with E-state index in [0.717, 1.165) is 16.6 Å². The molecule has 1 atom stereocenters. The Morgan fingerprint density at radius 2 is 1.60 bits per heavy atom. The second-order valence-electron chi connectivity index (χ2n) is 6.92. The number of para-hydroxylation sites is 2. The molecule has 0 radical (unpaired) electrons. The number of nitrogens with one attached hydrogen (secondary N) is 2. The number of nitrogens with zero attached hydrogens (tertiary/aromatic N) is 1. The van der Waals surface area contributed by atoms with Crippen molar-refractivity contribution in [2.75, 3.05) is 7.11 Å². The summed E-state index contributed by atoms with van der Waals surface area (Å²) in [5.74, 6) is 0.0126. The zero-order chi connectivity index (χ0) is 20.9. The van der Waals surface area contributed by atoms with Gasteiger partial charge in [0.2, 0.25) is 0 Å². The van der Waals surface area contributed by atoms with Crippen molar-refractivity contribution in [3.8, 4) is 0 Å². The first-order valence-corrected chi connectivity index (χ1v) is 9.62. The minimum absolute atomic E-state index is 0.243. The van der Waals surface area contributed by atoms with Crippen LogP contribution in [0.25, 0.3) is 11.0 Å². The van der Waals surface area contributed by atoms with E-state index in [1.165, 1.54) is 7.11 Å². The molecule has 4 rings (SSSR count). The van der Waals surface area contributed by atoms with Crippen molar-refractivity contribution in [3.63, 3.8) is 0 Å². The van der Waals surface area contributed by atoms with E-state index < -0.39 is 5.97 Å². The molecule has 3 aromatic carbocycles. The van der Waals surface area contributed by atoms with Gasteiger partial charge >= 0.3 is 5.97 Å². The molecule has 0 aliphatic rings. The van der Waals surface area contributed by atoms with Crippen LogP contribution in [0, 0.1) is 0 Å². The topological polar surface area (TPSA) is 84.1 Å². The number of aromatic amines is 1. The average Bonchev–Trinajstić information content (AvgIpc) is 3.23. The molecular formula is C24H21N3O3. The van der Waals surface area contributed by atoms with Crippen LogP contribution >= 0.6 is 0 Å². The molecule has 6 heteroatoms. The van der Waals surface area contributed by atoms with E-state index in [1.807, 2.05) is 54.6 Å². The highest BCUT2D eigenvalue weighted by atomic mass is 16.5. The number of imidazole rings is 1. The van der Waals surface area contributed by atoms with Crippen LogP contribution in [0.4, 0.5) is 0 Å². The minimum atomic E-state index is -0.439. The SMILES string of the molecule is COC(=O)c1ccc(C(=O)N[C@@H](Cc2ccccc2)c2nc3ccccc3[nH]2)cc1. The summed E-state index contributed by atoms with van der Waals surface area (Å²) in [4.78, 5) is 32.5. The summed E-state index contributed by atoms with van der Waals surface area (Å²) in [5.41, 5.74) is 3.71. The zero-order valence-electron chi connectivity index (χ0n) is 16.5. The Balaban J connectivity index is 1.60. The van der Waals surface area contributed by atoms with Gasteiger partial charge in [-0.3, -0.25) is 4.79 Å². The van der Waals surface area contributed by atoms with E-state index in [0.29, 0.717) is 23.4 Å². The Labute approximate surface area is 173 Å². The second kappa shape index (κ2) is 8.61. The molecule has 1 aromatic heterocycles. The van der Waals surface area contributed by atoms with Crippen molar-refractivity contribution in [2.45, 2.75) is 12.5 Å². The Hall–Kier alpha value is -3.93. The number of amides is 1. The van der Waals surface area contributed by atoms with Crippen molar-refractivity contribution in [1.82, 2.24) is 15.3 Å². The molecule has 4 aromatic rings. The quantitative estimate of drug-likeness (QED) is 0.479. The van der Waals surface area contributed by atoms with E-state index in [1.54, 1.807) is 24.3 Å². The third-order valence-corrected chi connectivity index (χ3v) is 4.89. The van der Waals surface area contributed by atoms with Gasteiger partial charge < -0.3 is 15.0 Å². The fourth-order valence-corrected chi connectivity index (χ4v) is 3.32. The summed E-state index contributed by atoms with van der Waals surface area (Å²) < 4.78 is 4.70. The largest absolute Gasteiger partial charge is 0.465 e. The van der Waals surface area contributed by atoms with Gasteiger partial charge in [-0.05, 0) is 48.4 Å². The molecule has 30 heavy (non-hydrogen) atoms. The number of H-pyrrole nitrogens is 1. The average molecular weight is 399 g/mol. The summed E-state index contributed by atoms with van der Waals surface area (Å²) in [5, 5.41) is 3.07. The Morgan fingerprint density at radius 3 is 2.30 bits per heavy atom. The molecule has 0 bridgehead atoms. The standard InChI is InChI=1S/C24H21N3O3/c1-30-24(29)18-13-11-17(12-14-18)23(28)27-21(15-16-7-3-2-4-8-16)22-25-19-9-5-6-10-20(19)26-22/h2-14,21H,15H2,1H3,(H,25,26)(H,27,28)/t21-/m0/s1. The number of fused-ring (bicyclic) bond motifs is 1. The molecule has 6 nitrogen and oxygen atoms in total. The predicted octanol–water partition coefficient (Wildman–Crippen LogP) is 4.06. The van der Waals surface area contributed by atoms with Crippen LogP contribution in [0.1, 0.15) is 38.1 Å². The molecule has 0 saturated heterocycles. The van der Waals surface area contributed by atoms with Gasteiger partial charge in [-0.1, -0.05) is 42.5 Å². The van der Waals surface area contributed by atoms with Crippen molar-refractivity contribution in [3.05, 3.63) is 101 Å². The smallest absolute Gasteiger partial charge is 0.337 e. The summed E-state index contributed by atoms with van der Waals surface area (Å²) >= 11 is 0. The van der Waals surface area contributed by atoms with Crippen LogP contribution < -0.4 is 5.32 Å². The van der Waals surface area contributed by atoms with Crippen LogP contribution in [-0.2, 0) is 11.2 Å². The number of rotatable bonds is 6. The van der Waals surface area contributed by atoms with E-state index in [4.69, 9.17) is 4.74 Å². The van der Waals surface area contributed by atoms with Crippen LogP contribution in [-0.4, -0.2) is 29.0 Å². The van der Waals surface area contributed by atoms with Crippen LogP contribution in [0.3, 0.4) is 0 Å². The van der Waals surface area contributed by atoms with Gasteiger partial charge in [-0.2, -0.15) is 0 Å². The number of benzene rings is 3. The molecule has 0 aliphatic heterocycles. The molecule has 0 fully saturated rings. The van der Waals surface area contributed by atoms with Gasteiger partial charge in [0.05, 0.1) is 29.7 Å². The molecule has 150 valence electrons. The van der Waals surface area contributed by atoms with Crippen molar-refractivity contribution in [2.24, 2.45) is 0 Å². The molecular weight excluding hydrogens is 378 g/mol. The summed E-state index contributed by atoms with van der Waals surface area (Å²) in [7, 11) is 1.32. The molecule has 0 spiro atoms.